The molecule has 2 amide bonds. The molecule has 3 aromatic rings. The number of rotatable bonds is 4. The van der Waals surface area contributed by atoms with Crippen molar-refractivity contribution < 1.29 is 9.59 Å². The summed E-state index contributed by atoms with van der Waals surface area (Å²) in [6, 6.07) is 7.42. The van der Waals surface area contributed by atoms with Gasteiger partial charge in [-0.2, -0.15) is 0 Å². The number of nitrogens with one attached hydrogen (secondary N) is 2. The molecular formula is C22H22N4O3S. The number of aryl methyl sites for hydroxylation is 2. The molecule has 1 aromatic carbocycles. The molecule has 0 bridgehead atoms. The number of anilines is 1. The third-order valence-electron chi connectivity index (χ3n) is 5.14. The van der Waals surface area contributed by atoms with Crippen LogP contribution >= 0.6 is 11.3 Å². The highest BCUT2D eigenvalue weighted by Crippen LogP contribution is 2.22. The number of amides is 2. The van der Waals surface area contributed by atoms with Crippen molar-refractivity contribution >= 4 is 28.8 Å². The SMILES string of the molecule is Cc1cccc(NC(=O)c2c3c(c[nH]c2=O)CN(C(=O)Cc2csc(C)n2)CC3)c1. The van der Waals surface area contributed by atoms with Crippen molar-refractivity contribution in [1.29, 1.82) is 0 Å². The zero-order chi connectivity index (χ0) is 21.3. The maximum Gasteiger partial charge on any atom is 0.261 e. The number of aromatic amines is 1. The van der Waals surface area contributed by atoms with Crippen LogP contribution in [0.3, 0.4) is 0 Å². The van der Waals surface area contributed by atoms with Crippen molar-refractivity contribution in [2.24, 2.45) is 0 Å². The van der Waals surface area contributed by atoms with Crippen LogP contribution in [0, 0.1) is 13.8 Å². The van der Waals surface area contributed by atoms with Gasteiger partial charge < -0.3 is 15.2 Å². The van der Waals surface area contributed by atoms with E-state index in [-0.39, 0.29) is 17.9 Å². The highest BCUT2D eigenvalue weighted by molar-refractivity contribution is 7.09. The molecule has 0 unspecified atom stereocenters. The maximum atomic E-state index is 12.9. The number of thiazole rings is 1. The van der Waals surface area contributed by atoms with Crippen LogP contribution in [0.15, 0.2) is 40.6 Å². The summed E-state index contributed by atoms with van der Waals surface area (Å²) in [6.45, 7) is 4.67. The Bertz CT molecular complexity index is 1180. The van der Waals surface area contributed by atoms with Gasteiger partial charge in [0.2, 0.25) is 5.91 Å². The van der Waals surface area contributed by atoms with Crippen LogP contribution in [0.2, 0.25) is 0 Å². The molecule has 0 fully saturated rings. The van der Waals surface area contributed by atoms with Crippen molar-refractivity contribution in [3.63, 3.8) is 0 Å². The predicted octanol–water partition coefficient (Wildman–Crippen LogP) is 2.83. The summed E-state index contributed by atoms with van der Waals surface area (Å²) in [6.07, 6.45) is 2.31. The highest BCUT2D eigenvalue weighted by atomic mass is 32.1. The first-order valence-corrected chi connectivity index (χ1v) is 10.6. The lowest BCUT2D eigenvalue weighted by atomic mass is 9.96. The Morgan fingerprint density at radius 1 is 1.30 bits per heavy atom. The number of pyridine rings is 1. The highest BCUT2D eigenvalue weighted by Gasteiger charge is 2.27. The van der Waals surface area contributed by atoms with Gasteiger partial charge in [0.25, 0.3) is 11.5 Å². The number of fused-ring (bicyclic) bond motifs is 1. The molecule has 154 valence electrons. The summed E-state index contributed by atoms with van der Waals surface area (Å²) in [4.78, 5) is 46.7. The summed E-state index contributed by atoms with van der Waals surface area (Å²) in [7, 11) is 0. The van der Waals surface area contributed by atoms with E-state index in [2.05, 4.69) is 15.3 Å². The largest absolute Gasteiger partial charge is 0.338 e. The monoisotopic (exact) mass is 422 g/mol. The lowest BCUT2D eigenvalue weighted by Crippen LogP contribution is -2.39. The fourth-order valence-corrected chi connectivity index (χ4v) is 4.31. The van der Waals surface area contributed by atoms with E-state index in [1.165, 1.54) is 11.3 Å². The molecular weight excluding hydrogens is 400 g/mol. The van der Waals surface area contributed by atoms with Crippen LogP contribution in [0.25, 0.3) is 0 Å². The van der Waals surface area contributed by atoms with Crippen molar-refractivity contribution in [3.05, 3.63) is 79.2 Å². The minimum atomic E-state index is -0.434. The molecule has 0 atom stereocenters. The molecule has 0 saturated carbocycles. The molecule has 3 heterocycles. The number of aromatic nitrogens is 2. The third-order valence-corrected chi connectivity index (χ3v) is 5.96. The van der Waals surface area contributed by atoms with E-state index in [0.29, 0.717) is 30.8 Å². The van der Waals surface area contributed by atoms with Gasteiger partial charge in [-0.1, -0.05) is 12.1 Å². The smallest absolute Gasteiger partial charge is 0.261 e. The van der Waals surface area contributed by atoms with Crippen molar-refractivity contribution in [1.82, 2.24) is 14.9 Å². The third kappa shape index (κ3) is 4.18. The molecule has 2 N–H and O–H groups in total. The summed E-state index contributed by atoms with van der Waals surface area (Å²) >= 11 is 1.52. The van der Waals surface area contributed by atoms with Gasteiger partial charge >= 0.3 is 0 Å². The molecule has 0 spiro atoms. The second-order valence-electron chi connectivity index (χ2n) is 7.42. The van der Waals surface area contributed by atoms with E-state index in [0.717, 1.165) is 21.8 Å². The van der Waals surface area contributed by atoms with Crippen LogP contribution in [0.1, 0.15) is 37.7 Å². The molecule has 0 radical (unpaired) electrons. The van der Waals surface area contributed by atoms with Crippen LogP contribution < -0.4 is 10.9 Å². The second-order valence-corrected chi connectivity index (χ2v) is 8.48. The number of hydrogen-bond acceptors (Lipinski definition) is 5. The molecule has 0 saturated heterocycles. The summed E-state index contributed by atoms with van der Waals surface area (Å²) in [5, 5.41) is 5.65. The quantitative estimate of drug-likeness (QED) is 0.676. The standard InChI is InChI=1S/C22H22N4O3S/c1-13-4-3-5-16(8-13)25-22(29)20-18-6-7-26(11-15(18)10-23-21(20)28)19(27)9-17-12-30-14(2)24-17/h3-5,8,10,12H,6-7,9,11H2,1-2H3,(H,23,28)(H,25,29). The van der Waals surface area contributed by atoms with Gasteiger partial charge in [0.1, 0.15) is 5.56 Å². The first-order valence-electron chi connectivity index (χ1n) is 9.71. The van der Waals surface area contributed by atoms with Crippen LogP contribution in [-0.2, 0) is 24.2 Å². The fourth-order valence-electron chi connectivity index (χ4n) is 3.69. The topological polar surface area (TPSA) is 95.2 Å². The number of benzene rings is 1. The summed E-state index contributed by atoms with van der Waals surface area (Å²) in [5.41, 5.74) is 3.63. The molecule has 8 heteroatoms. The van der Waals surface area contributed by atoms with Crippen molar-refractivity contribution in [2.75, 3.05) is 11.9 Å². The van der Waals surface area contributed by atoms with E-state index in [9.17, 15) is 14.4 Å². The first kappa shape index (κ1) is 20.0. The van der Waals surface area contributed by atoms with E-state index in [1.807, 2.05) is 37.4 Å². The molecule has 0 aliphatic carbocycles. The first-order chi connectivity index (χ1) is 14.4. The Balaban J connectivity index is 1.54. The molecule has 30 heavy (non-hydrogen) atoms. The number of carbonyl (C=O) groups excluding carboxylic acids is 2. The van der Waals surface area contributed by atoms with Gasteiger partial charge in [0.05, 0.1) is 17.1 Å². The van der Waals surface area contributed by atoms with E-state index in [4.69, 9.17) is 0 Å². The average Bonchev–Trinajstić information content (AvgIpc) is 3.12. The summed E-state index contributed by atoms with van der Waals surface area (Å²) in [5.74, 6) is -0.445. The minimum absolute atomic E-state index is 0.0112. The van der Waals surface area contributed by atoms with Gasteiger partial charge in [0, 0.05) is 30.4 Å². The van der Waals surface area contributed by atoms with Gasteiger partial charge in [-0.25, -0.2) is 4.98 Å². The average molecular weight is 423 g/mol. The summed E-state index contributed by atoms with van der Waals surface area (Å²) < 4.78 is 0. The Labute approximate surface area is 177 Å². The van der Waals surface area contributed by atoms with E-state index in [1.54, 1.807) is 17.2 Å². The van der Waals surface area contributed by atoms with Crippen LogP contribution in [0.4, 0.5) is 5.69 Å². The van der Waals surface area contributed by atoms with E-state index >= 15 is 0 Å². The van der Waals surface area contributed by atoms with Gasteiger partial charge in [-0.05, 0) is 49.1 Å². The zero-order valence-corrected chi connectivity index (χ0v) is 17.6. The molecule has 1 aliphatic heterocycles. The normalized spacial score (nSPS) is 13.1. The molecule has 2 aromatic heterocycles. The Morgan fingerprint density at radius 2 is 2.13 bits per heavy atom. The van der Waals surface area contributed by atoms with Crippen molar-refractivity contribution in [3.8, 4) is 0 Å². The number of carbonyl (C=O) groups is 2. The fraction of sp³-hybridized carbons (Fsp3) is 0.273. The van der Waals surface area contributed by atoms with Gasteiger partial charge in [-0.15, -0.1) is 11.3 Å². The van der Waals surface area contributed by atoms with Crippen LogP contribution in [-0.4, -0.2) is 33.2 Å². The minimum Gasteiger partial charge on any atom is -0.338 e. The Morgan fingerprint density at radius 3 is 2.87 bits per heavy atom. The van der Waals surface area contributed by atoms with Gasteiger partial charge in [0.15, 0.2) is 0 Å². The molecule has 4 rings (SSSR count). The molecule has 7 nitrogen and oxygen atoms in total. The van der Waals surface area contributed by atoms with Crippen LogP contribution in [0.5, 0.6) is 0 Å². The number of nitrogens with zero attached hydrogens (tertiary/aromatic N) is 2. The Kier molecular flexibility index (Phi) is 5.50. The number of hydrogen-bond donors (Lipinski definition) is 2. The van der Waals surface area contributed by atoms with E-state index < -0.39 is 11.5 Å². The predicted molar refractivity (Wildman–Crippen MR) is 116 cm³/mol. The number of H-pyrrole nitrogens is 1. The lowest BCUT2D eigenvalue weighted by molar-refractivity contribution is -0.131. The second kappa shape index (κ2) is 8.23. The van der Waals surface area contributed by atoms with Gasteiger partial charge in [-0.3, -0.25) is 14.4 Å². The zero-order valence-electron chi connectivity index (χ0n) is 16.8. The maximum absolute atomic E-state index is 12.9. The lowest BCUT2D eigenvalue weighted by Gasteiger charge is -2.29. The Hall–Kier alpha value is -3.26. The van der Waals surface area contributed by atoms with Crippen molar-refractivity contribution in [2.45, 2.75) is 33.2 Å². The molecule has 1 aliphatic rings.